The minimum atomic E-state index is 0.115. The second kappa shape index (κ2) is 9.02. The van der Waals surface area contributed by atoms with Gasteiger partial charge in [0.25, 0.3) is 0 Å². The van der Waals surface area contributed by atoms with Gasteiger partial charge in [0.1, 0.15) is 23.0 Å². The second-order valence-electron chi connectivity index (χ2n) is 8.70. The highest BCUT2D eigenvalue weighted by atomic mass is 16.5. The standard InChI is InChI=1S/C29H29NO4/c1-17-14-22(31)16-23(15-17)34-25-9-7-6-8-24(25)30(26-18(2)10-12-20(4)28(26)32)27-19(3)11-13-21(5)29(27)33/h6-16,31-33H,1-5H3. The van der Waals surface area contributed by atoms with Crippen LogP contribution in [0, 0.1) is 34.6 Å². The Morgan fingerprint density at radius 3 is 1.71 bits per heavy atom. The van der Waals surface area contributed by atoms with Crippen molar-refractivity contribution in [2.45, 2.75) is 34.6 Å². The summed E-state index contributed by atoms with van der Waals surface area (Å²) in [5.41, 5.74) is 5.74. The van der Waals surface area contributed by atoms with Crippen LogP contribution in [0.4, 0.5) is 17.1 Å². The molecule has 174 valence electrons. The lowest BCUT2D eigenvalue weighted by Crippen LogP contribution is -2.15. The molecule has 0 atom stereocenters. The quantitative estimate of drug-likeness (QED) is 0.289. The Labute approximate surface area is 200 Å². The molecule has 0 radical (unpaired) electrons. The lowest BCUT2D eigenvalue weighted by molar-refractivity contribution is 0.454. The first-order valence-corrected chi connectivity index (χ1v) is 11.1. The first kappa shape index (κ1) is 23.1. The van der Waals surface area contributed by atoms with Gasteiger partial charge in [-0.15, -0.1) is 0 Å². The van der Waals surface area contributed by atoms with Crippen molar-refractivity contribution in [2.24, 2.45) is 0 Å². The maximum atomic E-state index is 11.2. The molecule has 5 nitrogen and oxygen atoms in total. The lowest BCUT2D eigenvalue weighted by atomic mass is 10.0. The summed E-state index contributed by atoms with van der Waals surface area (Å²) in [6.07, 6.45) is 0. The zero-order valence-corrected chi connectivity index (χ0v) is 20.0. The van der Waals surface area contributed by atoms with Crippen LogP contribution < -0.4 is 9.64 Å². The molecule has 5 heteroatoms. The molecular formula is C29H29NO4. The van der Waals surface area contributed by atoms with Gasteiger partial charge in [0.05, 0.1) is 17.1 Å². The highest BCUT2D eigenvalue weighted by Gasteiger charge is 2.26. The van der Waals surface area contributed by atoms with Gasteiger partial charge in [-0.25, -0.2) is 0 Å². The van der Waals surface area contributed by atoms with Crippen molar-refractivity contribution in [3.63, 3.8) is 0 Å². The van der Waals surface area contributed by atoms with Gasteiger partial charge in [-0.3, -0.25) is 4.90 Å². The molecule has 34 heavy (non-hydrogen) atoms. The van der Waals surface area contributed by atoms with Crippen LogP contribution in [-0.4, -0.2) is 15.3 Å². The summed E-state index contributed by atoms with van der Waals surface area (Å²) in [5.74, 6) is 1.36. The molecule has 4 rings (SSSR count). The summed E-state index contributed by atoms with van der Waals surface area (Å²) >= 11 is 0. The van der Waals surface area contributed by atoms with Gasteiger partial charge in [0.15, 0.2) is 5.75 Å². The molecule has 0 saturated heterocycles. The summed E-state index contributed by atoms with van der Waals surface area (Å²) < 4.78 is 6.25. The van der Waals surface area contributed by atoms with Gasteiger partial charge in [0.2, 0.25) is 0 Å². The van der Waals surface area contributed by atoms with E-state index in [4.69, 9.17) is 4.74 Å². The fourth-order valence-corrected chi connectivity index (χ4v) is 4.12. The fourth-order valence-electron chi connectivity index (χ4n) is 4.12. The van der Waals surface area contributed by atoms with E-state index in [0.29, 0.717) is 28.6 Å². The topological polar surface area (TPSA) is 73.2 Å². The molecule has 0 aliphatic carbocycles. The second-order valence-corrected chi connectivity index (χ2v) is 8.70. The fraction of sp³-hybridized carbons (Fsp3) is 0.172. The Bertz CT molecular complexity index is 1300. The highest BCUT2D eigenvalue weighted by molar-refractivity contribution is 5.89. The van der Waals surface area contributed by atoms with Gasteiger partial charge < -0.3 is 20.1 Å². The number of rotatable bonds is 5. The molecule has 0 fully saturated rings. The van der Waals surface area contributed by atoms with Crippen LogP contribution in [-0.2, 0) is 0 Å². The number of aryl methyl sites for hydroxylation is 5. The number of hydrogen-bond acceptors (Lipinski definition) is 5. The highest BCUT2D eigenvalue weighted by Crippen LogP contribution is 2.51. The summed E-state index contributed by atoms with van der Waals surface area (Å²) in [5, 5.41) is 32.4. The normalized spacial score (nSPS) is 10.9. The van der Waals surface area contributed by atoms with Crippen molar-refractivity contribution in [3.8, 4) is 28.7 Å². The van der Waals surface area contributed by atoms with Crippen LogP contribution in [0.25, 0.3) is 0 Å². The van der Waals surface area contributed by atoms with Crippen LogP contribution in [0.15, 0.2) is 66.7 Å². The zero-order valence-electron chi connectivity index (χ0n) is 20.0. The van der Waals surface area contributed by atoms with Crippen molar-refractivity contribution in [1.82, 2.24) is 0 Å². The molecule has 4 aromatic rings. The van der Waals surface area contributed by atoms with Crippen molar-refractivity contribution >= 4 is 17.1 Å². The number of phenolic OH excluding ortho intramolecular Hbond substituents is 3. The summed E-state index contributed by atoms with van der Waals surface area (Å²) in [7, 11) is 0. The zero-order chi connectivity index (χ0) is 24.6. The first-order chi connectivity index (χ1) is 16.2. The third kappa shape index (κ3) is 4.25. The Morgan fingerprint density at radius 1 is 0.618 bits per heavy atom. The van der Waals surface area contributed by atoms with Crippen LogP contribution in [0.1, 0.15) is 27.8 Å². The van der Waals surface area contributed by atoms with Crippen LogP contribution in [0.2, 0.25) is 0 Å². The average Bonchev–Trinajstić information content (AvgIpc) is 2.78. The summed E-state index contributed by atoms with van der Waals surface area (Å²) in [4.78, 5) is 1.85. The van der Waals surface area contributed by atoms with E-state index < -0.39 is 0 Å². The third-order valence-corrected chi connectivity index (χ3v) is 5.93. The number of hydrogen-bond donors (Lipinski definition) is 3. The Kier molecular flexibility index (Phi) is 6.12. The maximum absolute atomic E-state index is 11.2. The number of phenols is 3. The smallest absolute Gasteiger partial charge is 0.151 e. The first-order valence-electron chi connectivity index (χ1n) is 11.1. The molecule has 0 aromatic heterocycles. The number of para-hydroxylation sites is 2. The average molecular weight is 456 g/mol. The largest absolute Gasteiger partial charge is 0.508 e. The van der Waals surface area contributed by atoms with Crippen LogP contribution in [0.3, 0.4) is 0 Å². The van der Waals surface area contributed by atoms with Gasteiger partial charge in [-0.05, 0) is 86.7 Å². The molecule has 0 bridgehead atoms. The third-order valence-electron chi connectivity index (χ3n) is 5.93. The maximum Gasteiger partial charge on any atom is 0.151 e. The van der Waals surface area contributed by atoms with E-state index in [1.807, 2.05) is 94.1 Å². The van der Waals surface area contributed by atoms with E-state index in [-0.39, 0.29) is 17.2 Å². The van der Waals surface area contributed by atoms with E-state index in [2.05, 4.69) is 0 Å². The molecule has 0 unspecified atom stereocenters. The molecule has 0 aliphatic heterocycles. The van der Waals surface area contributed by atoms with E-state index in [0.717, 1.165) is 27.8 Å². The number of aromatic hydroxyl groups is 3. The SMILES string of the molecule is Cc1cc(O)cc(Oc2ccccc2N(c2c(C)ccc(C)c2O)c2c(C)ccc(C)c2O)c1. The Balaban J connectivity index is 2.01. The van der Waals surface area contributed by atoms with Gasteiger partial charge in [-0.2, -0.15) is 0 Å². The predicted molar refractivity (Wildman–Crippen MR) is 136 cm³/mol. The summed E-state index contributed by atoms with van der Waals surface area (Å²) in [6.45, 7) is 9.42. The molecule has 4 aromatic carbocycles. The molecule has 0 spiro atoms. The predicted octanol–water partition coefficient (Wildman–Crippen LogP) is 7.61. The molecule has 0 saturated carbocycles. The van der Waals surface area contributed by atoms with E-state index in [1.54, 1.807) is 12.1 Å². The van der Waals surface area contributed by atoms with Gasteiger partial charge in [-0.1, -0.05) is 36.4 Å². The Hall–Kier alpha value is -4.12. The van der Waals surface area contributed by atoms with Gasteiger partial charge in [0, 0.05) is 6.07 Å². The van der Waals surface area contributed by atoms with Crippen LogP contribution in [0.5, 0.6) is 28.7 Å². The minimum Gasteiger partial charge on any atom is -0.508 e. The van der Waals surface area contributed by atoms with Crippen LogP contribution >= 0.6 is 0 Å². The molecule has 0 aliphatic rings. The van der Waals surface area contributed by atoms with E-state index in [9.17, 15) is 15.3 Å². The molecule has 0 amide bonds. The lowest BCUT2D eigenvalue weighted by Gasteiger charge is -2.31. The van der Waals surface area contributed by atoms with Crippen molar-refractivity contribution in [2.75, 3.05) is 4.90 Å². The van der Waals surface area contributed by atoms with E-state index in [1.165, 1.54) is 0 Å². The number of benzene rings is 4. The van der Waals surface area contributed by atoms with Crippen molar-refractivity contribution in [1.29, 1.82) is 0 Å². The van der Waals surface area contributed by atoms with E-state index >= 15 is 0 Å². The number of ether oxygens (including phenoxy) is 1. The van der Waals surface area contributed by atoms with Crippen molar-refractivity contribution < 1.29 is 20.1 Å². The van der Waals surface area contributed by atoms with Gasteiger partial charge >= 0.3 is 0 Å². The van der Waals surface area contributed by atoms with Crippen molar-refractivity contribution in [3.05, 3.63) is 94.5 Å². The summed E-state index contributed by atoms with van der Waals surface area (Å²) in [6, 6.07) is 20.1. The Morgan fingerprint density at radius 2 is 1.15 bits per heavy atom. The number of anilines is 3. The molecular weight excluding hydrogens is 426 g/mol. The minimum absolute atomic E-state index is 0.115. The molecule has 0 heterocycles. The number of nitrogens with zero attached hydrogens (tertiary/aromatic N) is 1. The molecule has 3 N–H and O–H groups in total. The monoisotopic (exact) mass is 455 g/mol.